The number of amides is 3. The molecule has 0 bridgehead atoms. The van der Waals surface area contributed by atoms with Crippen molar-refractivity contribution in [1.82, 2.24) is 19.4 Å². The van der Waals surface area contributed by atoms with Crippen LogP contribution < -0.4 is 5.32 Å². The number of piperazine rings is 1. The minimum absolute atomic E-state index is 0.0734. The van der Waals surface area contributed by atoms with Crippen LogP contribution in [0.15, 0.2) is 65.6 Å². The zero-order valence-corrected chi connectivity index (χ0v) is 18.1. The Morgan fingerprint density at radius 1 is 0.879 bits per heavy atom. The second kappa shape index (κ2) is 8.43. The molecule has 0 radical (unpaired) electrons. The Kier molecular flexibility index (Phi) is 5.93. The molecule has 1 unspecified atom stereocenters. The quantitative estimate of drug-likeness (QED) is 0.659. The molecule has 3 amide bonds. The molecule has 8 nitrogen and oxygen atoms in total. The summed E-state index contributed by atoms with van der Waals surface area (Å²) in [6.45, 7) is 0.0590. The van der Waals surface area contributed by atoms with Crippen molar-refractivity contribution in [2.24, 2.45) is 0 Å². The van der Waals surface area contributed by atoms with E-state index in [1.807, 2.05) is 5.32 Å². The second-order valence-corrected chi connectivity index (χ2v) is 9.69. The van der Waals surface area contributed by atoms with Crippen LogP contribution in [0.1, 0.15) is 5.56 Å². The summed E-state index contributed by atoms with van der Waals surface area (Å²) >= 11 is 0. The Balaban J connectivity index is 1.48. The van der Waals surface area contributed by atoms with E-state index in [4.69, 9.17) is 0 Å². The van der Waals surface area contributed by atoms with Crippen molar-refractivity contribution in [3.63, 3.8) is 0 Å². The molecule has 33 heavy (non-hydrogen) atoms. The summed E-state index contributed by atoms with van der Waals surface area (Å²) in [5.41, 5.74) is -3.54. The Bertz CT molecular complexity index is 1140. The fourth-order valence-corrected chi connectivity index (χ4v) is 5.44. The molecule has 4 rings (SSSR count). The number of imide groups is 1. The van der Waals surface area contributed by atoms with E-state index in [0.717, 1.165) is 12.1 Å². The number of hydrogen-bond acceptors (Lipinski definition) is 5. The summed E-state index contributed by atoms with van der Waals surface area (Å²) < 4.78 is 69.0. The summed E-state index contributed by atoms with van der Waals surface area (Å²) in [6.07, 6.45) is -5.06. The summed E-state index contributed by atoms with van der Waals surface area (Å²) in [5.74, 6) is -1.41. The van der Waals surface area contributed by atoms with Gasteiger partial charge in [0.1, 0.15) is 0 Å². The van der Waals surface area contributed by atoms with Crippen molar-refractivity contribution in [2.75, 3.05) is 32.8 Å². The molecular formula is C21H21F3N4O4S. The molecule has 2 heterocycles. The highest BCUT2D eigenvalue weighted by molar-refractivity contribution is 7.89. The molecule has 2 aromatic carbocycles. The van der Waals surface area contributed by atoms with Gasteiger partial charge < -0.3 is 5.32 Å². The molecule has 0 aromatic heterocycles. The van der Waals surface area contributed by atoms with Gasteiger partial charge in [-0.1, -0.05) is 48.5 Å². The fraction of sp³-hybridized carbons (Fsp3) is 0.333. The lowest BCUT2D eigenvalue weighted by Gasteiger charge is -2.35. The van der Waals surface area contributed by atoms with E-state index < -0.39 is 33.7 Å². The summed E-state index contributed by atoms with van der Waals surface area (Å²) in [5, 5.41) is 1.85. The molecule has 0 aliphatic carbocycles. The molecule has 2 fully saturated rings. The van der Waals surface area contributed by atoms with Crippen molar-refractivity contribution >= 4 is 22.0 Å². The topological polar surface area (TPSA) is 90.0 Å². The summed E-state index contributed by atoms with van der Waals surface area (Å²) in [7, 11) is -3.71. The van der Waals surface area contributed by atoms with Gasteiger partial charge in [0, 0.05) is 26.2 Å². The van der Waals surface area contributed by atoms with Crippen LogP contribution in [0.4, 0.5) is 18.0 Å². The highest BCUT2D eigenvalue weighted by Crippen LogP contribution is 2.43. The third-order valence-corrected chi connectivity index (χ3v) is 7.70. The first kappa shape index (κ1) is 23.2. The smallest absolute Gasteiger partial charge is 0.312 e. The van der Waals surface area contributed by atoms with E-state index in [1.165, 1.54) is 34.6 Å². The zero-order valence-electron chi connectivity index (χ0n) is 17.3. The first-order valence-corrected chi connectivity index (χ1v) is 11.6. The van der Waals surface area contributed by atoms with E-state index in [1.54, 1.807) is 23.1 Å². The van der Waals surface area contributed by atoms with Crippen molar-refractivity contribution in [3.8, 4) is 0 Å². The number of nitrogens with one attached hydrogen (secondary N) is 1. The highest BCUT2D eigenvalue weighted by Gasteiger charge is 2.68. The lowest BCUT2D eigenvalue weighted by Crippen LogP contribution is -2.56. The van der Waals surface area contributed by atoms with Crippen molar-refractivity contribution in [3.05, 3.63) is 66.2 Å². The number of urea groups is 1. The zero-order chi connectivity index (χ0) is 23.9. The number of sulfonamides is 1. The molecule has 176 valence electrons. The normalized spacial score (nSPS) is 23.1. The standard InChI is InChI=1S/C21H21F3N4O4S/c22-21(23,24)20(16-7-3-1-4-8-16)18(29)28(19(30)25-20)15-26-11-13-27(14-12-26)33(31,32)17-9-5-2-6-10-17/h1-10H,11-15H2,(H,25,30). The molecule has 2 saturated heterocycles. The van der Waals surface area contributed by atoms with Crippen LogP contribution in [0, 0.1) is 0 Å². The summed E-state index contributed by atoms with van der Waals surface area (Å²) in [6, 6.07) is 13.2. The van der Waals surface area contributed by atoms with E-state index in [0.29, 0.717) is 4.90 Å². The number of halogens is 3. The average Bonchev–Trinajstić information content (AvgIpc) is 3.06. The maximum absolute atomic E-state index is 14.1. The lowest BCUT2D eigenvalue weighted by atomic mass is 9.89. The predicted octanol–water partition coefficient (Wildman–Crippen LogP) is 1.96. The van der Waals surface area contributed by atoms with Crippen molar-refractivity contribution in [2.45, 2.75) is 16.6 Å². The van der Waals surface area contributed by atoms with E-state index in [2.05, 4.69) is 0 Å². The van der Waals surface area contributed by atoms with Crippen LogP contribution in [-0.2, 0) is 20.4 Å². The molecule has 12 heteroatoms. The number of alkyl halides is 3. The van der Waals surface area contributed by atoms with Gasteiger partial charge >= 0.3 is 12.2 Å². The lowest BCUT2D eigenvalue weighted by molar-refractivity contribution is -0.198. The molecule has 2 aromatic rings. The third kappa shape index (κ3) is 3.98. The molecular weight excluding hydrogens is 461 g/mol. The van der Waals surface area contributed by atoms with Gasteiger partial charge in [0.25, 0.3) is 5.91 Å². The van der Waals surface area contributed by atoms with Gasteiger partial charge in [0.15, 0.2) is 0 Å². The second-order valence-electron chi connectivity index (χ2n) is 7.75. The Hall–Kier alpha value is -2.96. The number of carbonyl (C=O) groups is 2. The fourth-order valence-electron chi connectivity index (χ4n) is 4.00. The molecule has 2 aliphatic heterocycles. The van der Waals surface area contributed by atoms with Gasteiger partial charge in [-0.25, -0.2) is 18.1 Å². The molecule has 2 aliphatic rings. The van der Waals surface area contributed by atoms with Gasteiger partial charge in [0.05, 0.1) is 11.6 Å². The van der Waals surface area contributed by atoms with Crippen LogP contribution in [0.2, 0.25) is 0 Å². The van der Waals surface area contributed by atoms with Crippen molar-refractivity contribution < 1.29 is 31.2 Å². The van der Waals surface area contributed by atoms with Crippen LogP contribution in [0.5, 0.6) is 0 Å². The molecule has 0 spiro atoms. The van der Waals surface area contributed by atoms with E-state index in [9.17, 15) is 31.2 Å². The number of carbonyl (C=O) groups excluding carboxylic acids is 2. The monoisotopic (exact) mass is 482 g/mol. The Morgan fingerprint density at radius 3 is 1.97 bits per heavy atom. The van der Waals surface area contributed by atoms with Crippen LogP contribution in [-0.4, -0.2) is 73.5 Å². The maximum Gasteiger partial charge on any atom is 0.425 e. The van der Waals surface area contributed by atoms with Gasteiger partial charge in [0.2, 0.25) is 15.6 Å². The first-order valence-electron chi connectivity index (χ1n) is 10.1. The Morgan fingerprint density at radius 2 is 1.42 bits per heavy atom. The maximum atomic E-state index is 14.1. The molecule has 0 saturated carbocycles. The van der Waals surface area contributed by atoms with Gasteiger partial charge in [-0.3, -0.25) is 9.69 Å². The van der Waals surface area contributed by atoms with E-state index >= 15 is 0 Å². The SMILES string of the molecule is O=C1NC(c2ccccc2)(C(F)(F)F)C(=O)N1CN1CCN(S(=O)(=O)c2ccccc2)CC1. The largest absolute Gasteiger partial charge is 0.425 e. The van der Waals surface area contributed by atoms with Crippen LogP contribution in [0.3, 0.4) is 0 Å². The van der Waals surface area contributed by atoms with Gasteiger partial charge in [-0.2, -0.15) is 17.5 Å². The third-order valence-electron chi connectivity index (χ3n) is 5.79. The van der Waals surface area contributed by atoms with E-state index in [-0.39, 0.29) is 43.3 Å². The highest BCUT2D eigenvalue weighted by atomic mass is 32.2. The number of rotatable bonds is 5. The predicted molar refractivity (Wildman–Crippen MR) is 111 cm³/mol. The summed E-state index contributed by atoms with van der Waals surface area (Å²) in [4.78, 5) is 27.7. The van der Waals surface area contributed by atoms with Crippen LogP contribution in [0.25, 0.3) is 0 Å². The Labute approximate surface area is 188 Å². The molecule has 1 N–H and O–H groups in total. The first-order chi connectivity index (χ1) is 15.6. The van der Waals surface area contributed by atoms with Crippen molar-refractivity contribution in [1.29, 1.82) is 0 Å². The van der Waals surface area contributed by atoms with Gasteiger partial charge in [-0.05, 0) is 17.7 Å². The number of hydrogen-bond donors (Lipinski definition) is 1. The molecule has 1 atom stereocenters. The average molecular weight is 482 g/mol. The van der Waals surface area contributed by atoms with Gasteiger partial charge in [-0.15, -0.1) is 0 Å². The minimum Gasteiger partial charge on any atom is -0.312 e. The van der Waals surface area contributed by atoms with Crippen LogP contribution >= 0.6 is 0 Å². The number of nitrogens with zero attached hydrogens (tertiary/aromatic N) is 3. The number of benzene rings is 2. The minimum atomic E-state index is -5.06.